The second-order valence-corrected chi connectivity index (χ2v) is 8.42. The summed E-state index contributed by atoms with van der Waals surface area (Å²) < 4.78 is 5.73. The third-order valence-corrected chi connectivity index (χ3v) is 5.95. The third-order valence-electron chi connectivity index (χ3n) is 3.90. The molecule has 1 heterocycles. The highest BCUT2D eigenvalue weighted by Gasteiger charge is 2.33. The maximum atomic E-state index is 12.2. The van der Waals surface area contributed by atoms with Crippen molar-refractivity contribution in [2.45, 2.75) is 13.5 Å². The van der Waals surface area contributed by atoms with Crippen LogP contribution in [0.15, 0.2) is 35.2 Å². The number of thioether (sulfide) groups is 1. The Morgan fingerprint density at radius 1 is 1.04 bits per heavy atom. The van der Waals surface area contributed by atoms with Crippen LogP contribution in [0.2, 0.25) is 20.1 Å². The van der Waals surface area contributed by atoms with E-state index in [0.29, 0.717) is 32.8 Å². The first-order valence-electron chi connectivity index (χ1n) is 8.11. The highest BCUT2D eigenvalue weighted by Crippen LogP contribution is 2.38. The molecule has 0 aliphatic carbocycles. The molecule has 0 atom stereocenters. The first-order valence-corrected chi connectivity index (χ1v) is 10.4. The molecule has 1 saturated heterocycles. The van der Waals surface area contributed by atoms with Crippen LogP contribution in [0.3, 0.4) is 0 Å². The predicted molar refractivity (Wildman–Crippen MR) is 116 cm³/mol. The summed E-state index contributed by atoms with van der Waals surface area (Å²) in [7, 11) is 0. The first-order chi connectivity index (χ1) is 13.3. The molecule has 0 N–H and O–H groups in total. The smallest absolute Gasteiger partial charge is 0.293 e. The summed E-state index contributed by atoms with van der Waals surface area (Å²) in [5.41, 5.74) is 1.32. The lowest BCUT2D eigenvalue weighted by Gasteiger charge is -2.12. The van der Waals surface area contributed by atoms with Crippen LogP contribution in [0.25, 0.3) is 6.08 Å². The Kier molecular flexibility index (Phi) is 6.84. The molecule has 0 aromatic heterocycles. The second kappa shape index (κ2) is 8.97. The Bertz CT molecular complexity index is 970. The van der Waals surface area contributed by atoms with E-state index in [1.807, 2.05) is 0 Å². The molecule has 9 heteroatoms. The number of carbonyl (C=O) groups excluding carboxylic acids is 2. The van der Waals surface area contributed by atoms with Crippen LogP contribution in [-0.2, 0) is 11.4 Å². The zero-order chi connectivity index (χ0) is 20.4. The quantitative estimate of drug-likeness (QED) is 0.438. The summed E-state index contributed by atoms with van der Waals surface area (Å²) in [6.45, 7) is 2.22. The Morgan fingerprint density at radius 3 is 2.29 bits per heavy atom. The SMILES string of the molecule is CCN1C(=O)S/C(=C/c2cc(Cl)c(OCc3ccc(Cl)cc3Cl)c(Cl)c2)C1=O. The minimum absolute atomic E-state index is 0.157. The van der Waals surface area contributed by atoms with Gasteiger partial charge in [-0.3, -0.25) is 14.5 Å². The summed E-state index contributed by atoms with van der Waals surface area (Å²) in [5.74, 6) is -0.0318. The fraction of sp³-hybridized carbons (Fsp3) is 0.158. The van der Waals surface area contributed by atoms with Gasteiger partial charge in [0.1, 0.15) is 6.61 Å². The lowest BCUT2D eigenvalue weighted by molar-refractivity contribution is -0.122. The predicted octanol–water partition coefficient (Wildman–Crippen LogP) is 6.94. The van der Waals surface area contributed by atoms with Crippen LogP contribution in [-0.4, -0.2) is 22.6 Å². The van der Waals surface area contributed by atoms with Gasteiger partial charge >= 0.3 is 0 Å². The largest absolute Gasteiger partial charge is 0.486 e. The lowest BCUT2D eigenvalue weighted by Crippen LogP contribution is -2.27. The maximum Gasteiger partial charge on any atom is 0.293 e. The fourth-order valence-electron chi connectivity index (χ4n) is 2.51. The van der Waals surface area contributed by atoms with Crippen molar-refractivity contribution in [2.75, 3.05) is 6.54 Å². The van der Waals surface area contributed by atoms with E-state index in [-0.39, 0.29) is 27.8 Å². The summed E-state index contributed by atoms with van der Waals surface area (Å²) in [4.78, 5) is 25.5. The zero-order valence-electron chi connectivity index (χ0n) is 14.5. The summed E-state index contributed by atoms with van der Waals surface area (Å²) in [6, 6.07) is 8.32. The van der Waals surface area contributed by atoms with Crippen LogP contribution in [0.4, 0.5) is 4.79 Å². The van der Waals surface area contributed by atoms with E-state index < -0.39 is 0 Å². The van der Waals surface area contributed by atoms with Crippen molar-refractivity contribution >= 4 is 75.4 Å². The van der Waals surface area contributed by atoms with Gasteiger partial charge in [-0.05, 0) is 54.6 Å². The Hall–Kier alpha value is -1.37. The number of hydrogen-bond acceptors (Lipinski definition) is 4. The van der Waals surface area contributed by atoms with Gasteiger partial charge in [0.05, 0.1) is 15.0 Å². The van der Waals surface area contributed by atoms with Gasteiger partial charge < -0.3 is 4.74 Å². The average molecular weight is 477 g/mol. The van der Waals surface area contributed by atoms with Crippen molar-refractivity contribution in [2.24, 2.45) is 0 Å². The minimum atomic E-state index is -0.331. The average Bonchev–Trinajstić information content (AvgIpc) is 2.88. The van der Waals surface area contributed by atoms with E-state index in [9.17, 15) is 9.59 Å². The highest BCUT2D eigenvalue weighted by atomic mass is 35.5. The molecule has 146 valence electrons. The van der Waals surface area contributed by atoms with Crippen LogP contribution in [0.1, 0.15) is 18.1 Å². The topological polar surface area (TPSA) is 46.6 Å². The summed E-state index contributed by atoms with van der Waals surface area (Å²) in [6.07, 6.45) is 1.58. The molecule has 28 heavy (non-hydrogen) atoms. The normalized spacial score (nSPS) is 15.6. The number of ether oxygens (including phenoxy) is 1. The lowest BCUT2D eigenvalue weighted by atomic mass is 10.2. The first kappa shape index (κ1) is 21.3. The third kappa shape index (κ3) is 4.61. The van der Waals surface area contributed by atoms with Crippen molar-refractivity contribution in [3.05, 3.63) is 66.5 Å². The minimum Gasteiger partial charge on any atom is -0.486 e. The Balaban J connectivity index is 1.80. The highest BCUT2D eigenvalue weighted by molar-refractivity contribution is 8.18. The molecule has 2 aromatic carbocycles. The van der Waals surface area contributed by atoms with E-state index in [2.05, 4.69) is 0 Å². The molecule has 2 amide bonds. The van der Waals surface area contributed by atoms with Crippen molar-refractivity contribution in [1.29, 1.82) is 0 Å². The second-order valence-electron chi connectivity index (χ2n) is 5.76. The number of likely N-dealkylation sites (N-methyl/N-ethyl adjacent to an activating group) is 1. The van der Waals surface area contributed by atoms with Gasteiger partial charge in [0.15, 0.2) is 5.75 Å². The van der Waals surface area contributed by atoms with E-state index >= 15 is 0 Å². The number of rotatable bonds is 5. The van der Waals surface area contributed by atoms with Crippen molar-refractivity contribution in [3.8, 4) is 5.75 Å². The van der Waals surface area contributed by atoms with Gasteiger partial charge in [-0.1, -0.05) is 52.5 Å². The number of imide groups is 1. The number of halogens is 4. The molecular formula is C19H13Cl4NO3S. The summed E-state index contributed by atoms with van der Waals surface area (Å²) in [5, 5.41) is 1.26. The molecule has 0 unspecified atom stereocenters. The van der Waals surface area contributed by atoms with Gasteiger partial charge in [0.2, 0.25) is 0 Å². The number of amides is 2. The molecule has 0 spiro atoms. The molecule has 1 aliphatic rings. The monoisotopic (exact) mass is 475 g/mol. The number of nitrogens with zero attached hydrogens (tertiary/aromatic N) is 1. The van der Waals surface area contributed by atoms with Gasteiger partial charge in [0.25, 0.3) is 11.1 Å². The molecule has 1 fully saturated rings. The van der Waals surface area contributed by atoms with E-state index in [1.165, 1.54) is 4.90 Å². The number of carbonyl (C=O) groups is 2. The van der Waals surface area contributed by atoms with Gasteiger partial charge in [-0.25, -0.2) is 0 Å². The molecule has 3 rings (SSSR count). The van der Waals surface area contributed by atoms with Gasteiger partial charge in [-0.15, -0.1) is 0 Å². The van der Waals surface area contributed by atoms with Gasteiger partial charge in [0, 0.05) is 22.2 Å². The van der Waals surface area contributed by atoms with E-state index in [4.69, 9.17) is 51.1 Å². The fourth-order valence-corrected chi connectivity index (χ4v) is 4.49. The Labute approximate surface area is 186 Å². The molecular weight excluding hydrogens is 464 g/mol. The maximum absolute atomic E-state index is 12.2. The molecule has 4 nitrogen and oxygen atoms in total. The van der Waals surface area contributed by atoms with E-state index in [1.54, 1.807) is 43.3 Å². The van der Waals surface area contributed by atoms with Gasteiger partial charge in [-0.2, -0.15) is 0 Å². The molecule has 0 bridgehead atoms. The zero-order valence-corrected chi connectivity index (χ0v) is 18.3. The molecule has 2 aromatic rings. The number of benzene rings is 2. The molecule has 0 saturated carbocycles. The van der Waals surface area contributed by atoms with E-state index in [0.717, 1.165) is 17.3 Å². The Morgan fingerprint density at radius 2 is 1.71 bits per heavy atom. The van der Waals surface area contributed by atoms with Crippen LogP contribution >= 0.6 is 58.2 Å². The van der Waals surface area contributed by atoms with Crippen molar-refractivity contribution < 1.29 is 14.3 Å². The van der Waals surface area contributed by atoms with Crippen LogP contribution in [0.5, 0.6) is 5.75 Å². The van der Waals surface area contributed by atoms with Crippen LogP contribution < -0.4 is 4.74 Å². The standard InChI is InChI=1S/C19H13Cl4NO3S/c1-2-24-18(25)16(28-19(24)26)7-10-5-14(22)17(15(23)6-10)27-9-11-3-4-12(20)8-13(11)21/h3-8H,2,9H2,1H3/b16-7+. The van der Waals surface area contributed by atoms with Crippen molar-refractivity contribution in [3.63, 3.8) is 0 Å². The van der Waals surface area contributed by atoms with Crippen LogP contribution in [0, 0.1) is 0 Å². The molecule has 0 radical (unpaired) electrons. The van der Waals surface area contributed by atoms with Crippen molar-refractivity contribution in [1.82, 2.24) is 4.90 Å². The number of hydrogen-bond donors (Lipinski definition) is 0. The summed E-state index contributed by atoms with van der Waals surface area (Å²) >= 11 is 25.5. The molecule has 1 aliphatic heterocycles.